The van der Waals surface area contributed by atoms with Crippen LogP contribution in [0.1, 0.15) is 50.2 Å². The molecular formula is C16H25NO3S. The van der Waals surface area contributed by atoms with Crippen LogP contribution in [0.3, 0.4) is 0 Å². The van der Waals surface area contributed by atoms with Gasteiger partial charge in [0.05, 0.1) is 11.5 Å². The van der Waals surface area contributed by atoms with E-state index in [1.54, 1.807) is 25.1 Å². The molecule has 2 N–H and O–H groups in total. The SMILES string of the molecule is CCC1CCCC(NS(=O)(=O)c2cc(CO)ccc2C)C1. The largest absolute Gasteiger partial charge is 0.392 e. The van der Waals surface area contributed by atoms with Gasteiger partial charge in [0.25, 0.3) is 0 Å². The van der Waals surface area contributed by atoms with Crippen molar-refractivity contribution >= 4 is 10.0 Å². The topological polar surface area (TPSA) is 66.4 Å². The van der Waals surface area contributed by atoms with E-state index in [9.17, 15) is 13.5 Å². The number of sulfonamides is 1. The minimum Gasteiger partial charge on any atom is -0.392 e. The maximum absolute atomic E-state index is 12.6. The van der Waals surface area contributed by atoms with Crippen molar-refractivity contribution in [2.75, 3.05) is 0 Å². The zero-order valence-electron chi connectivity index (χ0n) is 12.8. The Hall–Kier alpha value is -0.910. The lowest BCUT2D eigenvalue weighted by Gasteiger charge is -2.29. The Kier molecular flexibility index (Phi) is 5.41. The minimum absolute atomic E-state index is 0.0332. The molecule has 1 fully saturated rings. The Morgan fingerprint density at radius 3 is 2.76 bits per heavy atom. The summed E-state index contributed by atoms with van der Waals surface area (Å²) < 4.78 is 28.0. The second-order valence-electron chi connectivity index (χ2n) is 6.02. The number of benzene rings is 1. The first-order valence-electron chi connectivity index (χ1n) is 7.69. The molecule has 1 aliphatic rings. The van der Waals surface area contributed by atoms with E-state index in [0.717, 1.165) is 25.7 Å². The highest BCUT2D eigenvalue weighted by molar-refractivity contribution is 7.89. The average molecular weight is 311 g/mol. The maximum atomic E-state index is 12.6. The van der Waals surface area contributed by atoms with Crippen molar-refractivity contribution in [3.05, 3.63) is 29.3 Å². The molecule has 2 rings (SSSR count). The molecule has 2 atom stereocenters. The monoisotopic (exact) mass is 311 g/mol. The molecule has 0 saturated heterocycles. The van der Waals surface area contributed by atoms with Gasteiger partial charge in [-0.2, -0.15) is 0 Å². The first-order chi connectivity index (χ1) is 9.96. The quantitative estimate of drug-likeness (QED) is 0.878. The van der Waals surface area contributed by atoms with Gasteiger partial charge in [-0.1, -0.05) is 38.3 Å². The molecule has 118 valence electrons. The molecule has 4 nitrogen and oxygen atoms in total. The van der Waals surface area contributed by atoms with E-state index in [0.29, 0.717) is 17.0 Å². The average Bonchev–Trinajstić information content (AvgIpc) is 2.47. The fourth-order valence-corrected chi connectivity index (χ4v) is 4.66. The van der Waals surface area contributed by atoms with Crippen molar-refractivity contribution in [3.8, 4) is 0 Å². The molecule has 0 radical (unpaired) electrons. The summed E-state index contributed by atoms with van der Waals surface area (Å²) in [6, 6.07) is 5.10. The summed E-state index contributed by atoms with van der Waals surface area (Å²) in [5.41, 5.74) is 1.33. The number of hydrogen-bond acceptors (Lipinski definition) is 3. The highest BCUT2D eigenvalue weighted by Gasteiger charge is 2.26. The van der Waals surface area contributed by atoms with Gasteiger partial charge >= 0.3 is 0 Å². The first kappa shape index (κ1) is 16.5. The Labute approximate surface area is 127 Å². The number of aryl methyl sites for hydroxylation is 1. The van der Waals surface area contributed by atoms with Crippen molar-refractivity contribution in [1.29, 1.82) is 0 Å². The number of aliphatic hydroxyl groups excluding tert-OH is 1. The number of hydrogen-bond donors (Lipinski definition) is 2. The lowest BCUT2D eigenvalue weighted by atomic mass is 9.85. The molecule has 1 aliphatic carbocycles. The third-order valence-electron chi connectivity index (χ3n) is 4.41. The molecule has 1 saturated carbocycles. The minimum atomic E-state index is -3.52. The predicted molar refractivity (Wildman–Crippen MR) is 83.5 cm³/mol. The van der Waals surface area contributed by atoms with Gasteiger partial charge in [-0.05, 0) is 42.9 Å². The van der Waals surface area contributed by atoms with Crippen LogP contribution in [0, 0.1) is 12.8 Å². The Morgan fingerprint density at radius 1 is 1.33 bits per heavy atom. The van der Waals surface area contributed by atoms with Gasteiger partial charge in [0, 0.05) is 6.04 Å². The van der Waals surface area contributed by atoms with Gasteiger partial charge in [0.15, 0.2) is 0 Å². The van der Waals surface area contributed by atoms with Crippen LogP contribution in [-0.4, -0.2) is 19.6 Å². The fraction of sp³-hybridized carbons (Fsp3) is 0.625. The zero-order valence-corrected chi connectivity index (χ0v) is 13.6. The summed E-state index contributed by atoms with van der Waals surface area (Å²) in [5.74, 6) is 0.622. The summed E-state index contributed by atoms with van der Waals surface area (Å²) in [7, 11) is -3.52. The Balaban J connectivity index is 2.18. The van der Waals surface area contributed by atoms with Crippen LogP contribution in [0.5, 0.6) is 0 Å². The molecule has 0 amide bonds. The maximum Gasteiger partial charge on any atom is 0.241 e. The molecule has 0 spiro atoms. The van der Waals surface area contributed by atoms with Gasteiger partial charge < -0.3 is 5.11 Å². The summed E-state index contributed by atoms with van der Waals surface area (Å²) in [5, 5.41) is 9.19. The van der Waals surface area contributed by atoms with Gasteiger partial charge in [-0.15, -0.1) is 0 Å². The van der Waals surface area contributed by atoms with Crippen LogP contribution in [0.2, 0.25) is 0 Å². The molecule has 21 heavy (non-hydrogen) atoms. The summed E-state index contributed by atoms with van der Waals surface area (Å²) in [4.78, 5) is 0.285. The van der Waals surface area contributed by atoms with Crippen molar-refractivity contribution in [2.24, 2.45) is 5.92 Å². The number of aliphatic hydroxyl groups is 1. The second kappa shape index (κ2) is 6.90. The highest BCUT2D eigenvalue weighted by Crippen LogP contribution is 2.28. The van der Waals surface area contributed by atoms with E-state index in [-0.39, 0.29) is 17.5 Å². The molecular weight excluding hydrogens is 286 g/mol. The first-order valence-corrected chi connectivity index (χ1v) is 9.17. The molecule has 2 unspecified atom stereocenters. The smallest absolute Gasteiger partial charge is 0.241 e. The molecule has 0 heterocycles. The van der Waals surface area contributed by atoms with Crippen molar-refractivity contribution in [3.63, 3.8) is 0 Å². The fourth-order valence-electron chi connectivity index (χ4n) is 3.08. The molecule has 5 heteroatoms. The molecule has 1 aromatic carbocycles. The zero-order chi connectivity index (χ0) is 15.5. The number of rotatable bonds is 5. The van der Waals surface area contributed by atoms with E-state index in [1.165, 1.54) is 6.42 Å². The summed E-state index contributed by atoms with van der Waals surface area (Å²) >= 11 is 0. The second-order valence-corrected chi connectivity index (χ2v) is 7.70. The van der Waals surface area contributed by atoms with E-state index >= 15 is 0 Å². The summed E-state index contributed by atoms with van der Waals surface area (Å²) in [6.45, 7) is 3.80. The van der Waals surface area contributed by atoms with Crippen LogP contribution in [0.15, 0.2) is 23.1 Å². The van der Waals surface area contributed by atoms with Crippen LogP contribution in [0.4, 0.5) is 0 Å². The molecule has 0 aromatic heterocycles. The van der Waals surface area contributed by atoms with E-state index in [4.69, 9.17) is 0 Å². The lowest BCUT2D eigenvalue weighted by molar-refractivity contribution is 0.281. The highest BCUT2D eigenvalue weighted by atomic mass is 32.2. The Morgan fingerprint density at radius 2 is 2.10 bits per heavy atom. The third kappa shape index (κ3) is 4.05. The van der Waals surface area contributed by atoms with Gasteiger partial charge in [0.2, 0.25) is 10.0 Å². The van der Waals surface area contributed by atoms with Crippen molar-refractivity contribution < 1.29 is 13.5 Å². The van der Waals surface area contributed by atoms with Crippen LogP contribution in [0.25, 0.3) is 0 Å². The van der Waals surface area contributed by atoms with Gasteiger partial charge in [-0.3, -0.25) is 0 Å². The van der Waals surface area contributed by atoms with E-state index < -0.39 is 10.0 Å². The van der Waals surface area contributed by atoms with E-state index in [2.05, 4.69) is 11.6 Å². The van der Waals surface area contributed by atoms with Crippen molar-refractivity contribution in [1.82, 2.24) is 4.72 Å². The van der Waals surface area contributed by atoms with Crippen LogP contribution < -0.4 is 4.72 Å². The van der Waals surface area contributed by atoms with Crippen LogP contribution in [-0.2, 0) is 16.6 Å². The van der Waals surface area contributed by atoms with Gasteiger partial charge in [-0.25, -0.2) is 13.1 Å². The number of nitrogens with one attached hydrogen (secondary N) is 1. The molecule has 1 aromatic rings. The van der Waals surface area contributed by atoms with Gasteiger partial charge in [0.1, 0.15) is 0 Å². The van der Waals surface area contributed by atoms with Crippen molar-refractivity contribution in [2.45, 2.75) is 63.5 Å². The molecule has 0 bridgehead atoms. The predicted octanol–water partition coefficient (Wildman–Crippen LogP) is 2.73. The Bertz CT molecular complexity index is 583. The third-order valence-corrected chi connectivity index (χ3v) is 6.07. The summed E-state index contributed by atoms with van der Waals surface area (Å²) in [6.07, 6.45) is 5.23. The molecule has 0 aliphatic heterocycles. The van der Waals surface area contributed by atoms with E-state index in [1.807, 2.05) is 0 Å². The lowest BCUT2D eigenvalue weighted by Crippen LogP contribution is -2.38. The standard InChI is InChI=1S/C16H25NO3S/c1-3-13-5-4-6-15(9-13)17-21(19,20)16-10-14(11-18)8-7-12(16)2/h7-8,10,13,15,17-18H,3-6,9,11H2,1-2H3. The van der Waals surface area contributed by atoms with Crippen LogP contribution >= 0.6 is 0 Å². The normalized spacial score (nSPS) is 23.2.